The zero-order valence-electron chi connectivity index (χ0n) is 15.4. The Morgan fingerprint density at radius 1 is 1.07 bits per heavy atom. The second-order valence-corrected chi connectivity index (χ2v) is 6.03. The van der Waals surface area contributed by atoms with E-state index in [0.717, 1.165) is 19.3 Å². The highest BCUT2D eigenvalue weighted by Gasteiger charge is 2.11. The normalized spacial score (nSPS) is 10.7. The Labute approximate surface area is 158 Å². The first-order chi connectivity index (χ1) is 13.1. The van der Waals surface area contributed by atoms with Gasteiger partial charge in [-0.25, -0.2) is 10.2 Å². The van der Waals surface area contributed by atoms with Crippen molar-refractivity contribution < 1.29 is 19.4 Å². The Balaban J connectivity index is 1.92. The quantitative estimate of drug-likeness (QED) is 0.375. The van der Waals surface area contributed by atoms with Crippen LogP contribution in [-0.2, 0) is 0 Å². The summed E-state index contributed by atoms with van der Waals surface area (Å²) in [6.45, 7) is 2.73. The Morgan fingerprint density at radius 2 is 1.81 bits per heavy atom. The van der Waals surface area contributed by atoms with E-state index in [2.05, 4.69) is 17.5 Å². The van der Waals surface area contributed by atoms with Gasteiger partial charge >= 0.3 is 5.97 Å². The fraction of sp³-hybridized carbons (Fsp3) is 0.286. The number of ether oxygens (including phenoxy) is 1. The summed E-state index contributed by atoms with van der Waals surface area (Å²) in [7, 11) is 0. The molecule has 0 radical (unpaired) electrons. The standard InChI is InChI=1S/C21H24N2O4/c1-2-3-4-7-14-27-19-9-6-5-8-18(19)20(24)23-22-15-16-10-12-17(13-11-16)21(25)26/h5-6,8-13,15H,2-4,7,14H2,1H3,(H,23,24)(H,25,26)/b22-15+. The molecule has 2 N–H and O–H groups in total. The van der Waals surface area contributed by atoms with E-state index in [4.69, 9.17) is 9.84 Å². The van der Waals surface area contributed by atoms with Gasteiger partial charge in [0.05, 0.1) is 23.9 Å². The van der Waals surface area contributed by atoms with Crippen molar-refractivity contribution in [2.75, 3.05) is 6.61 Å². The summed E-state index contributed by atoms with van der Waals surface area (Å²) in [6.07, 6.45) is 5.85. The number of hydrogen-bond acceptors (Lipinski definition) is 4. The van der Waals surface area contributed by atoms with Gasteiger partial charge < -0.3 is 9.84 Å². The summed E-state index contributed by atoms with van der Waals surface area (Å²) in [6, 6.07) is 13.2. The number of rotatable bonds is 10. The maximum Gasteiger partial charge on any atom is 0.335 e. The smallest absolute Gasteiger partial charge is 0.335 e. The number of hydrazone groups is 1. The number of para-hydroxylation sites is 1. The lowest BCUT2D eigenvalue weighted by atomic mass is 10.1. The zero-order chi connectivity index (χ0) is 19.5. The predicted molar refractivity (Wildman–Crippen MR) is 105 cm³/mol. The Morgan fingerprint density at radius 3 is 2.52 bits per heavy atom. The molecule has 0 bridgehead atoms. The molecule has 0 heterocycles. The van der Waals surface area contributed by atoms with Crippen molar-refractivity contribution in [2.24, 2.45) is 5.10 Å². The highest BCUT2D eigenvalue weighted by atomic mass is 16.5. The summed E-state index contributed by atoms with van der Waals surface area (Å²) in [4.78, 5) is 23.2. The van der Waals surface area contributed by atoms with Crippen LogP contribution < -0.4 is 10.2 Å². The minimum absolute atomic E-state index is 0.196. The molecule has 2 rings (SSSR count). The van der Waals surface area contributed by atoms with Crippen molar-refractivity contribution in [1.82, 2.24) is 5.43 Å². The fourth-order valence-electron chi connectivity index (χ4n) is 2.43. The van der Waals surface area contributed by atoms with Crippen LogP contribution in [0, 0.1) is 0 Å². The van der Waals surface area contributed by atoms with Gasteiger partial charge in [0.25, 0.3) is 5.91 Å². The third-order valence-corrected chi connectivity index (χ3v) is 3.92. The van der Waals surface area contributed by atoms with E-state index in [1.165, 1.54) is 24.8 Å². The van der Waals surface area contributed by atoms with Crippen LogP contribution in [-0.4, -0.2) is 29.8 Å². The molecule has 0 aliphatic rings. The monoisotopic (exact) mass is 368 g/mol. The van der Waals surface area contributed by atoms with E-state index in [9.17, 15) is 9.59 Å². The summed E-state index contributed by atoms with van der Waals surface area (Å²) < 4.78 is 5.74. The van der Waals surface area contributed by atoms with Crippen molar-refractivity contribution in [3.05, 3.63) is 65.2 Å². The van der Waals surface area contributed by atoms with E-state index in [1.54, 1.807) is 30.3 Å². The maximum absolute atomic E-state index is 12.4. The Hall–Kier alpha value is -3.15. The number of nitrogens with zero attached hydrogens (tertiary/aromatic N) is 1. The van der Waals surface area contributed by atoms with E-state index < -0.39 is 5.97 Å². The first-order valence-corrected chi connectivity index (χ1v) is 9.00. The van der Waals surface area contributed by atoms with Gasteiger partial charge in [-0.05, 0) is 36.2 Å². The molecule has 2 aromatic rings. The molecule has 0 aliphatic carbocycles. The molecular formula is C21H24N2O4. The first kappa shape index (κ1) is 20.2. The van der Waals surface area contributed by atoms with Gasteiger partial charge in [0, 0.05) is 0 Å². The van der Waals surface area contributed by atoms with E-state index >= 15 is 0 Å². The number of carbonyl (C=O) groups is 2. The average Bonchev–Trinajstić information content (AvgIpc) is 2.68. The molecule has 0 aliphatic heterocycles. The average molecular weight is 368 g/mol. The van der Waals surface area contributed by atoms with E-state index in [1.807, 2.05) is 6.07 Å². The van der Waals surface area contributed by atoms with Crippen LogP contribution in [0.15, 0.2) is 53.6 Å². The number of aromatic carboxylic acids is 1. The number of carboxylic acids is 1. The van der Waals surface area contributed by atoms with Crippen molar-refractivity contribution in [3.63, 3.8) is 0 Å². The molecule has 0 saturated heterocycles. The Bertz CT molecular complexity index is 785. The second kappa shape index (κ2) is 10.8. The van der Waals surface area contributed by atoms with Crippen LogP contribution >= 0.6 is 0 Å². The highest BCUT2D eigenvalue weighted by Crippen LogP contribution is 2.18. The molecule has 0 saturated carbocycles. The molecule has 0 fully saturated rings. The predicted octanol–water partition coefficient (Wildman–Crippen LogP) is 4.11. The van der Waals surface area contributed by atoms with Crippen molar-refractivity contribution in [3.8, 4) is 5.75 Å². The summed E-state index contributed by atoms with van der Waals surface area (Å²) in [5.74, 6) is -0.817. The number of unbranched alkanes of at least 4 members (excludes halogenated alkanes) is 3. The van der Waals surface area contributed by atoms with Crippen LogP contribution in [0.5, 0.6) is 5.75 Å². The number of hydrogen-bond donors (Lipinski definition) is 2. The summed E-state index contributed by atoms with van der Waals surface area (Å²) >= 11 is 0. The van der Waals surface area contributed by atoms with Crippen LogP contribution in [0.4, 0.5) is 0 Å². The molecule has 1 amide bonds. The van der Waals surface area contributed by atoms with Gasteiger partial charge in [0.2, 0.25) is 0 Å². The first-order valence-electron chi connectivity index (χ1n) is 9.00. The van der Waals surface area contributed by atoms with Gasteiger partial charge in [-0.15, -0.1) is 0 Å². The minimum Gasteiger partial charge on any atom is -0.493 e. The zero-order valence-corrected chi connectivity index (χ0v) is 15.4. The number of benzene rings is 2. The summed E-state index contributed by atoms with van der Waals surface area (Å²) in [5.41, 5.74) is 3.77. The van der Waals surface area contributed by atoms with Crippen molar-refractivity contribution in [2.45, 2.75) is 32.6 Å². The highest BCUT2D eigenvalue weighted by molar-refractivity contribution is 5.97. The minimum atomic E-state index is -0.988. The third kappa shape index (κ3) is 6.58. The number of carbonyl (C=O) groups excluding carboxylic acids is 1. The molecule has 142 valence electrons. The van der Waals surface area contributed by atoms with Crippen molar-refractivity contribution in [1.29, 1.82) is 0 Å². The number of nitrogens with one attached hydrogen (secondary N) is 1. The van der Waals surface area contributed by atoms with Crippen molar-refractivity contribution >= 4 is 18.1 Å². The van der Waals surface area contributed by atoms with Gasteiger partial charge in [0.1, 0.15) is 5.75 Å². The summed E-state index contributed by atoms with van der Waals surface area (Å²) in [5, 5.41) is 12.8. The lowest BCUT2D eigenvalue weighted by Gasteiger charge is -2.10. The van der Waals surface area contributed by atoms with Crippen LogP contribution in [0.1, 0.15) is 58.9 Å². The number of carboxylic acid groups (broad SMARTS) is 1. The molecule has 0 aromatic heterocycles. The van der Waals surface area contributed by atoms with Crippen LogP contribution in [0.3, 0.4) is 0 Å². The molecule has 0 unspecified atom stereocenters. The Kier molecular flexibility index (Phi) is 8.03. The van der Waals surface area contributed by atoms with Crippen LogP contribution in [0.25, 0.3) is 0 Å². The lowest BCUT2D eigenvalue weighted by Crippen LogP contribution is -2.18. The fourth-order valence-corrected chi connectivity index (χ4v) is 2.43. The molecule has 2 aromatic carbocycles. The van der Waals surface area contributed by atoms with Gasteiger partial charge in [-0.2, -0.15) is 5.10 Å². The number of amides is 1. The molecule has 6 nitrogen and oxygen atoms in total. The molecule has 0 atom stereocenters. The molecule has 6 heteroatoms. The molecule has 0 spiro atoms. The third-order valence-electron chi connectivity index (χ3n) is 3.92. The molecule has 27 heavy (non-hydrogen) atoms. The lowest BCUT2D eigenvalue weighted by molar-refractivity contribution is 0.0696. The largest absolute Gasteiger partial charge is 0.493 e. The molecular weight excluding hydrogens is 344 g/mol. The topological polar surface area (TPSA) is 88.0 Å². The maximum atomic E-state index is 12.4. The van der Waals surface area contributed by atoms with Crippen LogP contribution in [0.2, 0.25) is 0 Å². The van der Waals surface area contributed by atoms with Gasteiger partial charge in [-0.3, -0.25) is 4.79 Å². The van der Waals surface area contributed by atoms with E-state index in [-0.39, 0.29) is 11.5 Å². The second-order valence-electron chi connectivity index (χ2n) is 6.03. The van der Waals surface area contributed by atoms with Gasteiger partial charge in [-0.1, -0.05) is 50.5 Å². The van der Waals surface area contributed by atoms with Gasteiger partial charge in [0.15, 0.2) is 0 Å². The van der Waals surface area contributed by atoms with E-state index in [0.29, 0.717) is 23.5 Å². The SMILES string of the molecule is CCCCCCOc1ccccc1C(=O)N/N=C/c1ccc(C(=O)O)cc1.